The number of carbonyl (C=O) groups excluding carboxylic acids is 1. The number of hydrogen-bond donors (Lipinski definition) is 1. The summed E-state index contributed by atoms with van der Waals surface area (Å²) in [5.74, 6) is -1.10. The van der Waals surface area contributed by atoms with Gasteiger partial charge in [-0.05, 0) is 43.4 Å². The van der Waals surface area contributed by atoms with Crippen molar-refractivity contribution in [2.24, 2.45) is 5.92 Å². The molecule has 1 aliphatic carbocycles. The third-order valence-electron chi connectivity index (χ3n) is 3.53. The van der Waals surface area contributed by atoms with Crippen molar-refractivity contribution < 1.29 is 13.9 Å². The monoisotopic (exact) mass is 251 g/mol. The Labute approximate surface area is 106 Å². The Morgan fingerprint density at radius 3 is 2.72 bits per heavy atom. The molecule has 2 atom stereocenters. The average molecular weight is 251 g/mol. The van der Waals surface area contributed by atoms with Crippen molar-refractivity contribution in [1.29, 1.82) is 0 Å². The molecule has 0 bridgehead atoms. The van der Waals surface area contributed by atoms with Gasteiger partial charge in [-0.2, -0.15) is 0 Å². The molecule has 1 aliphatic rings. The van der Waals surface area contributed by atoms with Gasteiger partial charge in [-0.15, -0.1) is 0 Å². The fourth-order valence-electron chi connectivity index (χ4n) is 2.54. The van der Waals surface area contributed by atoms with Crippen LogP contribution in [0.2, 0.25) is 0 Å². The highest BCUT2D eigenvalue weighted by molar-refractivity contribution is 5.80. The molecular weight excluding hydrogens is 233 g/mol. The van der Waals surface area contributed by atoms with Gasteiger partial charge in [0.25, 0.3) is 0 Å². The van der Waals surface area contributed by atoms with E-state index in [1.807, 2.05) is 6.07 Å². The standard InChI is InChI=1S/C14H18FNO2/c1-14(15,13(17)18-2)12(9-6-7-9)10-4-3-5-11(16)8-10/h3-5,8-9,12H,6-7,16H2,1-2H3/t12-,14?/m0/s1. The summed E-state index contributed by atoms with van der Waals surface area (Å²) in [5, 5.41) is 0. The fourth-order valence-corrected chi connectivity index (χ4v) is 2.54. The Kier molecular flexibility index (Phi) is 3.28. The largest absolute Gasteiger partial charge is 0.467 e. The third-order valence-corrected chi connectivity index (χ3v) is 3.53. The minimum absolute atomic E-state index is 0.195. The summed E-state index contributed by atoms with van der Waals surface area (Å²) >= 11 is 0. The van der Waals surface area contributed by atoms with Crippen LogP contribution in [0.15, 0.2) is 24.3 Å². The smallest absolute Gasteiger partial charge is 0.343 e. The molecule has 0 amide bonds. The molecule has 1 aromatic carbocycles. The summed E-state index contributed by atoms with van der Waals surface area (Å²) in [4.78, 5) is 11.6. The lowest BCUT2D eigenvalue weighted by molar-refractivity contribution is -0.155. The zero-order chi connectivity index (χ0) is 13.3. The van der Waals surface area contributed by atoms with E-state index in [2.05, 4.69) is 4.74 Å². The lowest BCUT2D eigenvalue weighted by Crippen LogP contribution is -2.39. The molecule has 3 nitrogen and oxygen atoms in total. The first-order chi connectivity index (χ1) is 8.46. The van der Waals surface area contributed by atoms with Gasteiger partial charge in [-0.1, -0.05) is 12.1 Å². The maximum atomic E-state index is 14.7. The van der Waals surface area contributed by atoms with Crippen molar-refractivity contribution >= 4 is 11.7 Å². The minimum atomic E-state index is -2.01. The van der Waals surface area contributed by atoms with Crippen molar-refractivity contribution in [2.75, 3.05) is 12.8 Å². The number of carbonyl (C=O) groups is 1. The van der Waals surface area contributed by atoms with E-state index in [-0.39, 0.29) is 5.92 Å². The Hall–Kier alpha value is -1.58. The van der Waals surface area contributed by atoms with Crippen molar-refractivity contribution in [1.82, 2.24) is 0 Å². The molecule has 0 saturated heterocycles. The number of hydrogen-bond acceptors (Lipinski definition) is 3. The molecule has 1 unspecified atom stereocenters. The second-order valence-corrected chi connectivity index (χ2v) is 5.05. The van der Waals surface area contributed by atoms with Crippen LogP contribution < -0.4 is 5.73 Å². The SMILES string of the molecule is COC(=O)C(C)(F)[C@H](c1cccc(N)c1)C1CC1. The molecule has 0 spiro atoms. The highest BCUT2D eigenvalue weighted by Crippen LogP contribution is 2.50. The minimum Gasteiger partial charge on any atom is -0.467 e. The Bertz CT molecular complexity index is 455. The molecule has 0 radical (unpaired) electrons. The first-order valence-electron chi connectivity index (χ1n) is 6.09. The van der Waals surface area contributed by atoms with Gasteiger partial charge in [0.1, 0.15) is 0 Å². The second-order valence-electron chi connectivity index (χ2n) is 5.05. The number of methoxy groups -OCH3 is 1. The van der Waals surface area contributed by atoms with Crippen molar-refractivity contribution in [3.63, 3.8) is 0 Å². The van der Waals surface area contributed by atoms with Crippen molar-refractivity contribution in [3.05, 3.63) is 29.8 Å². The molecule has 0 heterocycles. The molecule has 2 rings (SSSR count). The van der Waals surface area contributed by atoms with Gasteiger partial charge >= 0.3 is 5.97 Å². The van der Waals surface area contributed by atoms with Crippen LogP contribution in [-0.2, 0) is 9.53 Å². The van der Waals surface area contributed by atoms with Gasteiger partial charge in [-0.25, -0.2) is 9.18 Å². The van der Waals surface area contributed by atoms with Gasteiger partial charge in [-0.3, -0.25) is 0 Å². The highest BCUT2D eigenvalue weighted by Gasteiger charge is 2.50. The number of nitrogen functional groups attached to an aromatic ring is 1. The predicted octanol–water partition coefficient (Wildman–Crippen LogP) is 2.66. The van der Waals surface area contributed by atoms with Crippen LogP contribution >= 0.6 is 0 Å². The van der Waals surface area contributed by atoms with Crippen LogP contribution in [0, 0.1) is 5.92 Å². The fraction of sp³-hybridized carbons (Fsp3) is 0.500. The summed E-state index contributed by atoms with van der Waals surface area (Å²) in [5.41, 5.74) is 5.07. The van der Waals surface area contributed by atoms with E-state index in [4.69, 9.17) is 5.73 Å². The third kappa shape index (κ3) is 2.33. The van der Waals surface area contributed by atoms with E-state index in [0.717, 1.165) is 18.4 Å². The van der Waals surface area contributed by atoms with E-state index in [1.54, 1.807) is 18.2 Å². The van der Waals surface area contributed by atoms with Crippen LogP contribution in [0.3, 0.4) is 0 Å². The average Bonchev–Trinajstić information content (AvgIpc) is 3.12. The molecule has 1 saturated carbocycles. The lowest BCUT2D eigenvalue weighted by Gasteiger charge is -2.28. The summed E-state index contributed by atoms with van der Waals surface area (Å²) in [6, 6.07) is 7.10. The van der Waals surface area contributed by atoms with Gasteiger partial charge in [0.15, 0.2) is 0 Å². The number of halogens is 1. The number of anilines is 1. The number of esters is 1. The number of ether oxygens (including phenoxy) is 1. The number of alkyl halides is 1. The van der Waals surface area contributed by atoms with Crippen LogP contribution in [0.4, 0.5) is 10.1 Å². The van der Waals surface area contributed by atoms with Crippen molar-refractivity contribution in [2.45, 2.75) is 31.4 Å². The summed E-state index contributed by atoms with van der Waals surface area (Å²) < 4.78 is 19.3. The topological polar surface area (TPSA) is 52.3 Å². The molecule has 0 aliphatic heterocycles. The van der Waals surface area contributed by atoms with E-state index in [1.165, 1.54) is 14.0 Å². The molecule has 18 heavy (non-hydrogen) atoms. The van der Waals surface area contributed by atoms with Crippen LogP contribution in [0.1, 0.15) is 31.2 Å². The predicted molar refractivity (Wildman–Crippen MR) is 67.8 cm³/mol. The first kappa shape index (κ1) is 12.9. The lowest BCUT2D eigenvalue weighted by atomic mass is 9.81. The normalized spacial score (nSPS) is 19.9. The molecule has 98 valence electrons. The number of nitrogens with two attached hydrogens (primary N) is 1. The van der Waals surface area contributed by atoms with Crippen molar-refractivity contribution in [3.8, 4) is 0 Å². The van der Waals surface area contributed by atoms with Gasteiger partial charge < -0.3 is 10.5 Å². The number of benzene rings is 1. The Balaban J connectivity index is 2.37. The molecule has 1 fully saturated rings. The van der Waals surface area contributed by atoms with E-state index >= 15 is 0 Å². The quantitative estimate of drug-likeness (QED) is 0.661. The second kappa shape index (κ2) is 4.59. The van der Waals surface area contributed by atoms with Crippen LogP contribution in [0.25, 0.3) is 0 Å². The summed E-state index contributed by atoms with van der Waals surface area (Å²) in [7, 11) is 1.21. The molecule has 1 aromatic rings. The van der Waals surface area contributed by atoms with Gasteiger partial charge in [0.2, 0.25) is 5.67 Å². The molecule has 0 aromatic heterocycles. The van der Waals surface area contributed by atoms with Crippen LogP contribution in [0.5, 0.6) is 0 Å². The summed E-state index contributed by atoms with van der Waals surface area (Å²) in [6.45, 7) is 1.30. The van der Waals surface area contributed by atoms with E-state index < -0.39 is 17.6 Å². The zero-order valence-corrected chi connectivity index (χ0v) is 10.7. The Morgan fingerprint density at radius 2 is 2.22 bits per heavy atom. The molecule has 4 heteroatoms. The zero-order valence-electron chi connectivity index (χ0n) is 10.7. The van der Waals surface area contributed by atoms with Gasteiger partial charge in [0.05, 0.1) is 7.11 Å². The maximum Gasteiger partial charge on any atom is 0.343 e. The van der Waals surface area contributed by atoms with Crippen LogP contribution in [-0.4, -0.2) is 18.7 Å². The molecule has 2 N–H and O–H groups in total. The van der Waals surface area contributed by atoms with E-state index in [0.29, 0.717) is 5.69 Å². The Morgan fingerprint density at radius 1 is 1.56 bits per heavy atom. The summed E-state index contributed by atoms with van der Waals surface area (Å²) in [6.07, 6.45) is 1.88. The first-order valence-corrected chi connectivity index (χ1v) is 6.09. The van der Waals surface area contributed by atoms with Gasteiger partial charge in [0, 0.05) is 11.6 Å². The van der Waals surface area contributed by atoms with E-state index in [9.17, 15) is 9.18 Å². The maximum absolute atomic E-state index is 14.7. The number of rotatable bonds is 4. The molecular formula is C14H18FNO2. The highest BCUT2D eigenvalue weighted by atomic mass is 19.1.